The van der Waals surface area contributed by atoms with Gasteiger partial charge in [0, 0.05) is 6.04 Å². The highest BCUT2D eigenvalue weighted by molar-refractivity contribution is 5.81. The van der Waals surface area contributed by atoms with Crippen LogP contribution >= 0.6 is 0 Å². The van der Waals surface area contributed by atoms with Crippen LogP contribution in [0.2, 0.25) is 0 Å². The van der Waals surface area contributed by atoms with Crippen molar-refractivity contribution in [3.63, 3.8) is 0 Å². The van der Waals surface area contributed by atoms with E-state index >= 15 is 0 Å². The average Bonchev–Trinajstić information content (AvgIpc) is 2.58. The van der Waals surface area contributed by atoms with Crippen molar-refractivity contribution in [3.8, 4) is 0 Å². The molecule has 1 rings (SSSR count). The minimum Gasteiger partial charge on any atom is -0.293 e. The van der Waals surface area contributed by atoms with Gasteiger partial charge in [-0.1, -0.05) is 32.6 Å². The van der Waals surface area contributed by atoms with Crippen molar-refractivity contribution in [1.82, 2.24) is 10.3 Å². The highest BCUT2D eigenvalue weighted by Gasteiger charge is 2.26. The zero-order valence-electron chi connectivity index (χ0n) is 10.5. The minimum absolute atomic E-state index is 0.0609. The fraction of sp³-hybridized carbons (Fsp3) is 0.917. The SMILES string of the molecule is CCC(C(=O)NN)N(C)C1CCCCCC1. The smallest absolute Gasteiger partial charge is 0.251 e. The van der Waals surface area contributed by atoms with Crippen LogP contribution in [0.15, 0.2) is 0 Å². The number of carbonyl (C=O) groups excluding carboxylic acids is 1. The number of hydrogen-bond donors (Lipinski definition) is 2. The van der Waals surface area contributed by atoms with Gasteiger partial charge in [-0.3, -0.25) is 15.1 Å². The average molecular weight is 227 g/mol. The van der Waals surface area contributed by atoms with Crippen LogP contribution < -0.4 is 11.3 Å². The lowest BCUT2D eigenvalue weighted by molar-refractivity contribution is -0.127. The summed E-state index contributed by atoms with van der Waals surface area (Å²) in [6.07, 6.45) is 8.49. The molecule has 4 nitrogen and oxygen atoms in total. The van der Waals surface area contributed by atoms with Crippen LogP contribution in [0.1, 0.15) is 51.9 Å². The maximum Gasteiger partial charge on any atom is 0.251 e. The molecule has 4 heteroatoms. The van der Waals surface area contributed by atoms with Crippen LogP contribution in [0.5, 0.6) is 0 Å². The number of rotatable bonds is 4. The highest BCUT2D eigenvalue weighted by atomic mass is 16.2. The molecular formula is C12H25N3O. The van der Waals surface area contributed by atoms with Crippen LogP contribution in [0.3, 0.4) is 0 Å². The number of amides is 1. The van der Waals surface area contributed by atoms with E-state index in [0.717, 1.165) is 6.42 Å². The van der Waals surface area contributed by atoms with Crippen LogP contribution in [0.25, 0.3) is 0 Å². The minimum atomic E-state index is -0.0758. The quantitative estimate of drug-likeness (QED) is 0.330. The molecule has 1 unspecified atom stereocenters. The number of nitrogens with zero attached hydrogens (tertiary/aromatic N) is 1. The first kappa shape index (κ1) is 13.5. The van der Waals surface area contributed by atoms with Gasteiger partial charge in [-0.05, 0) is 26.3 Å². The van der Waals surface area contributed by atoms with E-state index in [0.29, 0.717) is 6.04 Å². The van der Waals surface area contributed by atoms with Crippen molar-refractivity contribution in [1.29, 1.82) is 0 Å². The summed E-state index contributed by atoms with van der Waals surface area (Å²) < 4.78 is 0. The molecule has 0 aliphatic heterocycles. The second kappa shape index (κ2) is 6.86. The molecule has 1 aliphatic carbocycles. The molecule has 1 aliphatic rings. The second-order valence-electron chi connectivity index (χ2n) is 4.74. The molecule has 16 heavy (non-hydrogen) atoms. The summed E-state index contributed by atoms with van der Waals surface area (Å²) in [5.41, 5.74) is 2.27. The number of likely N-dealkylation sites (N-methyl/N-ethyl adjacent to an activating group) is 1. The van der Waals surface area contributed by atoms with E-state index in [1.54, 1.807) is 0 Å². The second-order valence-corrected chi connectivity index (χ2v) is 4.74. The lowest BCUT2D eigenvalue weighted by Gasteiger charge is -2.33. The van der Waals surface area contributed by atoms with Crippen molar-refractivity contribution in [3.05, 3.63) is 0 Å². The topological polar surface area (TPSA) is 58.4 Å². The van der Waals surface area contributed by atoms with Gasteiger partial charge >= 0.3 is 0 Å². The first-order chi connectivity index (χ1) is 7.70. The third kappa shape index (κ3) is 3.46. The van der Waals surface area contributed by atoms with E-state index in [9.17, 15) is 4.79 Å². The molecule has 3 N–H and O–H groups in total. The van der Waals surface area contributed by atoms with E-state index in [4.69, 9.17) is 5.84 Å². The Bertz CT molecular complexity index is 212. The van der Waals surface area contributed by atoms with Gasteiger partial charge in [-0.15, -0.1) is 0 Å². The van der Waals surface area contributed by atoms with Crippen molar-refractivity contribution in [2.24, 2.45) is 5.84 Å². The summed E-state index contributed by atoms with van der Waals surface area (Å²) in [5, 5.41) is 0. The fourth-order valence-electron chi connectivity index (χ4n) is 2.67. The summed E-state index contributed by atoms with van der Waals surface area (Å²) in [4.78, 5) is 13.9. The molecule has 0 aromatic carbocycles. The number of nitrogens with one attached hydrogen (secondary N) is 1. The maximum absolute atomic E-state index is 11.6. The number of nitrogens with two attached hydrogens (primary N) is 1. The Morgan fingerprint density at radius 2 is 1.94 bits per heavy atom. The summed E-state index contributed by atoms with van der Waals surface area (Å²) in [6, 6.07) is 0.470. The molecule has 0 saturated heterocycles. The first-order valence-corrected chi connectivity index (χ1v) is 6.43. The summed E-state index contributed by atoms with van der Waals surface area (Å²) in [5.74, 6) is 5.16. The van der Waals surface area contributed by atoms with Gasteiger partial charge in [0.2, 0.25) is 0 Å². The van der Waals surface area contributed by atoms with E-state index in [-0.39, 0.29) is 11.9 Å². The van der Waals surface area contributed by atoms with Crippen molar-refractivity contribution in [2.75, 3.05) is 7.05 Å². The van der Waals surface area contributed by atoms with Gasteiger partial charge < -0.3 is 0 Å². The lowest BCUT2D eigenvalue weighted by atomic mass is 10.0. The molecule has 0 spiro atoms. The Labute approximate surface area is 98.5 Å². The van der Waals surface area contributed by atoms with Gasteiger partial charge in [0.05, 0.1) is 6.04 Å². The van der Waals surface area contributed by atoms with Gasteiger partial charge in [-0.25, -0.2) is 5.84 Å². The van der Waals surface area contributed by atoms with E-state index < -0.39 is 0 Å². The van der Waals surface area contributed by atoms with E-state index in [1.807, 2.05) is 6.92 Å². The third-order valence-corrected chi connectivity index (χ3v) is 3.72. The first-order valence-electron chi connectivity index (χ1n) is 6.43. The van der Waals surface area contributed by atoms with E-state index in [1.165, 1.54) is 38.5 Å². The molecular weight excluding hydrogens is 202 g/mol. The molecule has 0 bridgehead atoms. The molecule has 0 aromatic heterocycles. The zero-order chi connectivity index (χ0) is 12.0. The normalized spacial score (nSPS) is 20.5. The van der Waals surface area contributed by atoms with Crippen molar-refractivity contribution < 1.29 is 4.79 Å². The Morgan fingerprint density at radius 1 is 1.38 bits per heavy atom. The molecule has 1 atom stereocenters. The summed E-state index contributed by atoms with van der Waals surface area (Å²) in [7, 11) is 2.05. The molecule has 1 saturated carbocycles. The Morgan fingerprint density at radius 3 is 2.38 bits per heavy atom. The van der Waals surface area contributed by atoms with Gasteiger partial charge in [0.25, 0.3) is 5.91 Å². The van der Waals surface area contributed by atoms with Crippen molar-refractivity contribution in [2.45, 2.75) is 64.0 Å². The molecule has 1 amide bonds. The van der Waals surface area contributed by atoms with Crippen molar-refractivity contribution >= 4 is 5.91 Å². The van der Waals surface area contributed by atoms with Crippen LogP contribution in [0, 0.1) is 0 Å². The van der Waals surface area contributed by atoms with Crippen LogP contribution in [-0.2, 0) is 4.79 Å². The summed E-state index contributed by atoms with van der Waals surface area (Å²) in [6.45, 7) is 2.03. The fourth-order valence-corrected chi connectivity index (χ4v) is 2.67. The van der Waals surface area contributed by atoms with E-state index in [2.05, 4.69) is 17.4 Å². The third-order valence-electron chi connectivity index (χ3n) is 3.72. The zero-order valence-corrected chi connectivity index (χ0v) is 10.5. The maximum atomic E-state index is 11.6. The van der Waals surface area contributed by atoms with Gasteiger partial charge in [0.15, 0.2) is 0 Å². The van der Waals surface area contributed by atoms with Crippen LogP contribution in [-0.4, -0.2) is 29.9 Å². The Hall–Kier alpha value is -0.610. The number of hydrazine groups is 1. The molecule has 0 heterocycles. The molecule has 0 radical (unpaired) electrons. The predicted octanol–water partition coefficient (Wildman–Crippen LogP) is 1.41. The number of carbonyl (C=O) groups is 1. The number of hydrogen-bond acceptors (Lipinski definition) is 3. The largest absolute Gasteiger partial charge is 0.293 e. The molecule has 94 valence electrons. The Kier molecular flexibility index (Phi) is 5.77. The van der Waals surface area contributed by atoms with Crippen LogP contribution in [0.4, 0.5) is 0 Å². The standard InChI is InChI=1S/C12H25N3O/c1-3-11(12(16)14-13)15(2)10-8-6-4-5-7-9-10/h10-11H,3-9,13H2,1-2H3,(H,14,16). The van der Waals surface area contributed by atoms with Gasteiger partial charge in [-0.2, -0.15) is 0 Å². The molecule has 0 aromatic rings. The highest BCUT2D eigenvalue weighted by Crippen LogP contribution is 2.23. The Balaban J connectivity index is 2.57. The monoisotopic (exact) mass is 227 g/mol. The van der Waals surface area contributed by atoms with Gasteiger partial charge in [0.1, 0.15) is 0 Å². The summed E-state index contributed by atoms with van der Waals surface area (Å²) >= 11 is 0. The predicted molar refractivity (Wildman–Crippen MR) is 65.7 cm³/mol. The lowest BCUT2D eigenvalue weighted by Crippen LogP contribution is -2.50. The molecule has 1 fully saturated rings.